The van der Waals surface area contributed by atoms with E-state index in [0.29, 0.717) is 6.42 Å². The number of aliphatic carboxylic acids is 1. The van der Waals surface area contributed by atoms with E-state index in [2.05, 4.69) is 10.6 Å². The third kappa shape index (κ3) is 6.48. The van der Waals surface area contributed by atoms with Crippen molar-refractivity contribution in [1.82, 2.24) is 10.6 Å². The lowest BCUT2D eigenvalue weighted by Gasteiger charge is -2.18. The van der Waals surface area contributed by atoms with Crippen LogP contribution in [-0.4, -0.2) is 41.5 Å². The van der Waals surface area contributed by atoms with E-state index in [1.54, 1.807) is 13.8 Å². The van der Waals surface area contributed by atoms with Gasteiger partial charge < -0.3 is 21.5 Å². The first-order valence-corrected chi connectivity index (χ1v) is 7.40. The Labute approximate surface area is 135 Å². The molecule has 0 radical (unpaired) electrons. The molecule has 5 N–H and O–H groups in total. The molecular formula is C16H23N3O4. The molecule has 0 aliphatic carbocycles. The number of carboxylic acid groups (broad SMARTS) is 1. The van der Waals surface area contributed by atoms with Crippen LogP contribution in [0.15, 0.2) is 30.3 Å². The van der Waals surface area contributed by atoms with Crippen molar-refractivity contribution in [3.05, 3.63) is 35.9 Å². The molecule has 7 heteroatoms. The Bertz CT molecular complexity index is 546. The standard InChI is InChI=1S/C16H23N3O4/c1-10(2)14(16(22)23)19-13(20)9-18-15(21)12(17)8-11-6-4-3-5-7-11/h3-7,10,12,14H,8-9,17H2,1-2H3,(H,18,21)(H,19,20)(H,22,23)/t12-,14-/m0/s1. The van der Waals surface area contributed by atoms with Crippen LogP contribution in [0.4, 0.5) is 0 Å². The number of hydrogen-bond donors (Lipinski definition) is 4. The van der Waals surface area contributed by atoms with E-state index in [4.69, 9.17) is 10.8 Å². The highest BCUT2D eigenvalue weighted by molar-refractivity contribution is 5.89. The van der Waals surface area contributed by atoms with E-state index < -0.39 is 29.9 Å². The largest absolute Gasteiger partial charge is 0.480 e. The zero-order valence-electron chi connectivity index (χ0n) is 13.3. The molecule has 0 spiro atoms. The number of rotatable bonds is 8. The van der Waals surface area contributed by atoms with Gasteiger partial charge in [0, 0.05) is 0 Å². The minimum absolute atomic E-state index is 0.257. The molecule has 0 saturated heterocycles. The molecule has 2 amide bonds. The number of nitrogens with one attached hydrogen (secondary N) is 2. The third-order valence-electron chi connectivity index (χ3n) is 3.31. The van der Waals surface area contributed by atoms with Gasteiger partial charge in [-0.25, -0.2) is 4.79 Å². The van der Waals surface area contributed by atoms with Crippen LogP contribution >= 0.6 is 0 Å². The van der Waals surface area contributed by atoms with Gasteiger partial charge in [0.05, 0.1) is 12.6 Å². The molecule has 0 aliphatic rings. The fraction of sp³-hybridized carbons (Fsp3) is 0.438. The van der Waals surface area contributed by atoms with E-state index in [1.807, 2.05) is 30.3 Å². The Kier molecular flexibility index (Phi) is 7.21. The van der Waals surface area contributed by atoms with Gasteiger partial charge >= 0.3 is 5.97 Å². The van der Waals surface area contributed by atoms with Crippen LogP contribution in [0.2, 0.25) is 0 Å². The van der Waals surface area contributed by atoms with Gasteiger partial charge in [0.25, 0.3) is 0 Å². The second-order valence-corrected chi connectivity index (χ2v) is 5.64. The highest BCUT2D eigenvalue weighted by atomic mass is 16.4. The Balaban J connectivity index is 2.42. The van der Waals surface area contributed by atoms with Gasteiger partial charge in [-0.05, 0) is 17.9 Å². The van der Waals surface area contributed by atoms with Crippen molar-refractivity contribution in [2.45, 2.75) is 32.4 Å². The second kappa shape index (κ2) is 8.89. The molecule has 23 heavy (non-hydrogen) atoms. The van der Waals surface area contributed by atoms with E-state index >= 15 is 0 Å². The van der Waals surface area contributed by atoms with Crippen LogP contribution in [0.3, 0.4) is 0 Å². The molecule has 0 bridgehead atoms. The Hall–Kier alpha value is -2.41. The first-order chi connectivity index (χ1) is 10.8. The zero-order valence-corrected chi connectivity index (χ0v) is 13.3. The van der Waals surface area contributed by atoms with Gasteiger partial charge in [-0.2, -0.15) is 0 Å². The number of nitrogens with two attached hydrogens (primary N) is 1. The maximum absolute atomic E-state index is 11.9. The number of carboxylic acids is 1. The topological polar surface area (TPSA) is 122 Å². The second-order valence-electron chi connectivity index (χ2n) is 5.64. The monoisotopic (exact) mass is 321 g/mol. The molecule has 0 saturated carbocycles. The zero-order chi connectivity index (χ0) is 17.4. The summed E-state index contributed by atoms with van der Waals surface area (Å²) in [5.41, 5.74) is 6.72. The first-order valence-electron chi connectivity index (χ1n) is 7.40. The van der Waals surface area contributed by atoms with Crippen LogP contribution in [0.25, 0.3) is 0 Å². The maximum atomic E-state index is 11.9. The number of hydrogen-bond acceptors (Lipinski definition) is 4. The maximum Gasteiger partial charge on any atom is 0.326 e. The fourth-order valence-electron chi connectivity index (χ4n) is 2.00. The summed E-state index contributed by atoms with van der Waals surface area (Å²) in [6, 6.07) is 7.53. The molecule has 0 aliphatic heterocycles. The van der Waals surface area contributed by atoms with Crippen molar-refractivity contribution in [3.63, 3.8) is 0 Å². The summed E-state index contributed by atoms with van der Waals surface area (Å²) < 4.78 is 0. The van der Waals surface area contributed by atoms with Crippen LogP contribution in [-0.2, 0) is 20.8 Å². The third-order valence-corrected chi connectivity index (χ3v) is 3.31. The lowest BCUT2D eigenvalue weighted by atomic mass is 10.0. The molecule has 2 atom stereocenters. The Morgan fingerprint density at radius 1 is 1.17 bits per heavy atom. The summed E-state index contributed by atoms with van der Waals surface area (Å²) >= 11 is 0. The average Bonchev–Trinajstić information content (AvgIpc) is 2.50. The molecule has 126 valence electrons. The Morgan fingerprint density at radius 3 is 2.30 bits per heavy atom. The highest BCUT2D eigenvalue weighted by Gasteiger charge is 2.23. The molecule has 1 rings (SSSR count). The number of carbonyl (C=O) groups is 3. The molecule has 0 fully saturated rings. The molecule has 0 unspecified atom stereocenters. The summed E-state index contributed by atoms with van der Waals surface area (Å²) in [4.78, 5) is 34.6. The molecule has 0 heterocycles. The van der Waals surface area contributed by atoms with Crippen molar-refractivity contribution in [2.75, 3.05) is 6.54 Å². The molecule has 1 aromatic rings. The smallest absolute Gasteiger partial charge is 0.326 e. The van der Waals surface area contributed by atoms with Crippen molar-refractivity contribution in [1.29, 1.82) is 0 Å². The van der Waals surface area contributed by atoms with Crippen molar-refractivity contribution < 1.29 is 19.5 Å². The lowest BCUT2D eigenvalue weighted by molar-refractivity contribution is -0.143. The predicted molar refractivity (Wildman–Crippen MR) is 85.5 cm³/mol. The van der Waals surface area contributed by atoms with Crippen LogP contribution in [0.5, 0.6) is 0 Å². The Morgan fingerprint density at radius 2 is 1.78 bits per heavy atom. The van der Waals surface area contributed by atoms with Gasteiger partial charge in [-0.1, -0.05) is 44.2 Å². The van der Waals surface area contributed by atoms with Crippen molar-refractivity contribution in [2.24, 2.45) is 11.7 Å². The molecule has 1 aromatic carbocycles. The highest BCUT2D eigenvalue weighted by Crippen LogP contribution is 2.02. The van der Waals surface area contributed by atoms with Crippen LogP contribution < -0.4 is 16.4 Å². The van der Waals surface area contributed by atoms with Gasteiger partial charge in [-0.3, -0.25) is 9.59 Å². The van der Waals surface area contributed by atoms with Crippen LogP contribution in [0, 0.1) is 5.92 Å². The van der Waals surface area contributed by atoms with Gasteiger partial charge in [0.15, 0.2) is 0 Å². The minimum atomic E-state index is -1.11. The summed E-state index contributed by atoms with van der Waals surface area (Å²) in [5, 5.41) is 13.8. The lowest BCUT2D eigenvalue weighted by Crippen LogP contribution is -2.50. The van der Waals surface area contributed by atoms with Gasteiger partial charge in [-0.15, -0.1) is 0 Å². The predicted octanol–water partition coefficient (Wildman–Crippen LogP) is -0.102. The molecule has 7 nitrogen and oxygen atoms in total. The van der Waals surface area contributed by atoms with Crippen molar-refractivity contribution >= 4 is 17.8 Å². The average molecular weight is 321 g/mol. The van der Waals surface area contributed by atoms with Crippen LogP contribution in [0.1, 0.15) is 19.4 Å². The quantitative estimate of drug-likeness (QED) is 0.532. The fourth-order valence-corrected chi connectivity index (χ4v) is 2.00. The summed E-state index contributed by atoms with van der Waals surface area (Å²) in [6.45, 7) is 3.07. The van der Waals surface area contributed by atoms with Crippen molar-refractivity contribution in [3.8, 4) is 0 Å². The normalized spacial score (nSPS) is 13.2. The van der Waals surface area contributed by atoms with Gasteiger partial charge in [0.1, 0.15) is 6.04 Å². The first kappa shape index (κ1) is 18.6. The van der Waals surface area contributed by atoms with Gasteiger partial charge in [0.2, 0.25) is 11.8 Å². The van der Waals surface area contributed by atoms with E-state index in [0.717, 1.165) is 5.56 Å². The van der Waals surface area contributed by atoms with E-state index in [9.17, 15) is 14.4 Å². The summed E-state index contributed by atoms with van der Waals surface area (Å²) in [5.74, 6) is -2.39. The SMILES string of the molecule is CC(C)[C@H](NC(=O)CNC(=O)[C@@H](N)Cc1ccccc1)C(=O)O. The number of benzene rings is 1. The number of carbonyl (C=O) groups excluding carboxylic acids is 2. The minimum Gasteiger partial charge on any atom is -0.480 e. The molecule has 0 aromatic heterocycles. The number of amides is 2. The molecular weight excluding hydrogens is 298 g/mol. The summed E-state index contributed by atoms with van der Waals surface area (Å²) in [7, 11) is 0. The van der Waals surface area contributed by atoms with E-state index in [1.165, 1.54) is 0 Å². The van der Waals surface area contributed by atoms with E-state index in [-0.39, 0.29) is 12.5 Å². The summed E-state index contributed by atoms with van der Waals surface area (Å²) in [6.07, 6.45) is 0.359.